The van der Waals surface area contributed by atoms with E-state index >= 15 is 0 Å². The van der Waals surface area contributed by atoms with Crippen molar-refractivity contribution in [2.24, 2.45) is 5.92 Å². The SMILES string of the molecule is Cc1nc2nc(Cc3cccc(F)c3)nn2c(N2CCC(Cc3ccccc3)CC2)c1C. The molecular weight excluding hydrogens is 401 g/mol. The van der Waals surface area contributed by atoms with E-state index in [1.165, 1.54) is 17.7 Å². The average Bonchev–Trinajstić information content (AvgIpc) is 3.17. The molecule has 0 N–H and O–H groups in total. The summed E-state index contributed by atoms with van der Waals surface area (Å²) in [6.45, 7) is 6.13. The quantitative estimate of drug-likeness (QED) is 0.451. The molecule has 3 heterocycles. The lowest BCUT2D eigenvalue weighted by atomic mass is 9.90. The number of nitrogens with zero attached hydrogens (tertiary/aromatic N) is 5. The van der Waals surface area contributed by atoms with Crippen LogP contribution in [0, 0.1) is 25.6 Å². The second kappa shape index (κ2) is 8.69. The van der Waals surface area contributed by atoms with Gasteiger partial charge in [-0.05, 0) is 62.3 Å². The molecule has 0 atom stereocenters. The van der Waals surface area contributed by atoms with Gasteiger partial charge in [-0.1, -0.05) is 42.5 Å². The molecule has 4 aromatic rings. The highest BCUT2D eigenvalue weighted by atomic mass is 19.1. The minimum absolute atomic E-state index is 0.241. The van der Waals surface area contributed by atoms with E-state index in [1.54, 1.807) is 6.07 Å². The number of piperidine rings is 1. The van der Waals surface area contributed by atoms with Crippen molar-refractivity contribution in [3.63, 3.8) is 0 Å². The normalized spacial score (nSPS) is 14.9. The van der Waals surface area contributed by atoms with Crippen molar-refractivity contribution in [1.82, 2.24) is 19.6 Å². The molecule has 0 amide bonds. The van der Waals surface area contributed by atoms with Crippen molar-refractivity contribution >= 4 is 11.6 Å². The van der Waals surface area contributed by atoms with Crippen LogP contribution in [-0.4, -0.2) is 32.7 Å². The lowest BCUT2D eigenvalue weighted by Gasteiger charge is -2.34. The summed E-state index contributed by atoms with van der Waals surface area (Å²) in [5, 5.41) is 4.78. The molecule has 5 rings (SSSR count). The topological polar surface area (TPSA) is 46.3 Å². The largest absolute Gasteiger partial charge is 0.356 e. The fraction of sp³-hybridized carbons (Fsp3) is 0.346. The first-order chi connectivity index (χ1) is 15.6. The molecule has 32 heavy (non-hydrogen) atoms. The molecule has 0 aliphatic carbocycles. The Morgan fingerprint density at radius 1 is 0.938 bits per heavy atom. The number of hydrogen-bond donors (Lipinski definition) is 0. The van der Waals surface area contributed by atoms with E-state index in [9.17, 15) is 4.39 Å². The van der Waals surface area contributed by atoms with Crippen LogP contribution in [0.15, 0.2) is 54.6 Å². The third-order valence-corrected chi connectivity index (χ3v) is 6.51. The minimum atomic E-state index is -0.241. The van der Waals surface area contributed by atoms with Gasteiger partial charge in [0.1, 0.15) is 11.6 Å². The van der Waals surface area contributed by atoms with Crippen LogP contribution >= 0.6 is 0 Å². The first kappa shape index (κ1) is 20.6. The van der Waals surface area contributed by atoms with Gasteiger partial charge >= 0.3 is 0 Å². The summed E-state index contributed by atoms with van der Waals surface area (Å²) < 4.78 is 15.5. The van der Waals surface area contributed by atoms with Crippen LogP contribution in [0.1, 0.15) is 41.1 Å². The molecule has 6 heteroatoms. The molecule has 0 saturated carbocycles. The van der Waals surface area contributed by atoms with Gasteiger partial charge in [-0.15, -0.1) is 5.10 Å². The highest BCUT2D eigenvalue weighted by Gasteiger charge is 2.24. The van der Waals surface area contributed by atoms with Gasteiger partial charge in [0.2, 0.25) is 0 Å². The Morgan fingerprint density at radius 2 is 1.69 bits per heavy atom. The Kier molecular flexibility index (Phi) is 5.60. The Bertz CT molecular complexity index is 1230. The van der Waals surface area contributed by atoms with Crippen molar-refractivity contribution in [3.8, 4) is 0 Å². The van der Waals surface area contributed by atoms with Crippen LogP contribution in [0.4, 0.5) is 10.2 Å². The van der Waals surface area contributed by atoms with Crippen molar-refractivity contribution in [2.75, 3.05) is 18.0 Å². The van der Waals surface area contributed by atoms with E-state index < -0.39 is 0 Å². The number of halogens is 1. The zero-order valence-corrected chi connectivity index (χ0v) is 18.6. The van der Waals surface area contributed by atoms with Crippen LogP contribution in [0.3, 0.4) is 0 Å². The van der Waals surface area contributed by atoms with Crippen molar-refractivity contribution in [2.45, 2.75) is 39.5 Å². The van der Waals surface area contributed by atoms with Crippen molar-refractivity contribution in [3.05, 3.63) is 88.6 Å². The number of fused-ring (bicyclic) bond motifs is 1. The predicted molar refractivity (Wildman–Crippen MR) is 125 cm³/mol. The van der Waals surface area contributed by atoms with Crippen LogP contribution in [-0.2, 0) is 12.8 Å². The number of hydrogen-bond acceptors (Lipinski definition) is 4. The third kappa shape index (κ3) is 4.22. The van der Waals surface area contributed by atoms with Gasteiger partial charge in [0.15, 0.2) is 5.82 Å². The molecule has 2 aromatic heterocycles. The smallest absolute Gasteiger partial charge is 0.254 e. The van der Waals surface area contributed by atoms with Crippen LogP contribution < -0.4 is 4.90 Å². The van der Waals surface area contributed by atoms with E-state index in [0.29, 0.717) is 23.9 Å². The van der Waals surface area contributed by atoms with Gasteiger partial charge in [0.05, 0.1) is 0 Å². The van der Waals surface area contributed by atoms with Crippen molar-refractivity contribution < 1.29 is 4.39 Å². The summed E-state index contributed by atoms with van der Waals surface area (Å²) in [7, 11) is 0. The Balaban J connectivity index is 1.38. The van der Waals surface area contributed by atoms with Gasteiger partial charge in [-0.2, -0.15) is 9.50 Å². The molecule has 0 bridgehead atoms. The summed E-state index contributed by atoms with van der Waals surface area (Å²) in [5.74, 6) is 2.82. The maximum absolute atomic E-state index is 13.6. The zero-order chi connectivity index (χ0) is 22.1. The summed E-state index contributed by atoms with van der Waals surface area (Å²) in [5.41, 5.74) is 4.39. The first-order valence-electron chi connectivity index (χ1n) is 11.3. The zero-order valence-electron chi connectivity index (χ0n) is 18.6. The van der Waals surface area contributed by atoms with E-state index in [-0.39, 0.29) is 5.82 Å². The molecule has 0 spiro atoms. The van der Waals surface area contributed by atoms with Gasteiger partial charge in [0.25, 0.3) is 5.78 Å². The Hall–Kier alpha value is -3.28. The molecule has 0 unspecified atom stereocenters. The molecule has 164 valence electrons. The van der Waals surface area contributed by atoms with Gasteiger partial charge < -0.3 is 4.90 Å². The average molecular weight is 430 g/mol. The number of rotatable bonds is 5. The second-order valence-corrected chi connectivity index (χ2v) is 8.81. The summed E-state index contributed by atoms with van der Waals surface area (Å²) in [6, 6.07) is 17.4. The number of aromatic nitrogens is 4. The van der Waals surface area contributed by atoms with Crippen LogP contribution in [0.5, 0.6) is 0 Å². The molecular formula is C26H28FN5. The predicted octanol–water partition coefficient (Wildman–Crippen LogP) is 4.93. The molecule has 5 nitrogen and oxygen atoms in total. The van der Waals surface area contributed by atoms with Crippen LogP contribution in [0.2, 0.25) is 0 Å². The third-order valence-electron chi connectivity index (χ3n) is 6.51. The minimum Gasteiger partial charge on any atom is -0.356 e. The summed E-state index contributed by atoms with van der Waals surface area (Å²) in [4.78, 5) is 11.8. The number of benzene rings is 2. The highest BCUT2D eigenvalue weighted by Crippen LogP contribution is 2.29. The fourth-order valence-corrected chi connectivity index (χ4v) is 4.69. The van der Waals surface area contributed by atoms with Crippen LogP contribution in [0.25, 0.3) is 5.78 Å². The van der Waals surface area contributed by atoms with E-state index in [2.05, 4.69) is 52.1 Å². The summed E-state index contributed by atoms with van der Waals surface area (Å²) >= 11 is 0. The molecule has 1 aliphatic heterocycles. The molecule has 0 radical (unpaired) electrons. The molecule has 1 aliphatic rings. The van der Waals surface area contributed by atoms with Gasteiger partial charge in [0, 0.05) is 30.8 Å². The lowest BCUT2D eigenvalue weighted by molar-refractivity contribution is 0.400. The van der Waals surface area contributed by atoms with Gasteiger partial charge in [-0.3, -0.25) is 0 Å². The van der Waals surface area contributed by atoms with E-state index in [1.807, 2.05) is 17.5 Å². The Morgan fingerprint density at radius 3 is 2.44 bits per heavy atom. The Labute approximate surface area is 187 Å². The number of anilines is 1. The first-order valence-corrected chi connectivity index (χ1v) is 11.3. The molecule has 1 fully saturated rings. The van der Waals surface area contributed by atoms with E-state index in [4.69, 9.17) is 5.10 Å². The lowest BCUT2D eigenvalue weighted by Crippen LogP contribution is -2.36. The maximum atomic E-state index is 13.6. The monoisotopic (exact) mass is 429 g/mol. The molecule has 1 saturated heterocycles. The number of aryl methyl sites for hydroxylation is 1. The standard InChI is InChI=1S/C26H28FN5/c1-18-19(2)28-26-29-24(17-22-9-6-10-23(27)16-22)30-32(26)25(18)31-13-11-21(12-14-31)15-20-7-4-3-5-8-20/h3-10,16,21H,11-15,17H2,1-2H3. The summed E-state index contributed by atoms with van der Waals surface area (Å²) in [6.07, 6.45) is 3.93. The van der Waals surface area contributed by atoms with Gasteiger partial charge in [-0.25, -0.2) is 9.37 Å². The fourth-order valence-electron chi connectivity index (χ4n) is 4.69. The van der Waals surface area contributed by atoms with Crippen molar-refractivity contribution in [1.29, 1.82) is 0 Å². The highest BCUT2D eigenvalue weighted by molar-refractivity contribution is 5.54. The maximum Gasteiger partial charge on any atom is 0.254 e. The molecule has 2 aromatic carbocycles. The second-order valence-electron chi connectivity index (χ2n) is 8.81. The van der Waals surface area contributed by atoms with E-state index in [0.717, 1.165) is 55.0 Å².